The molecule has 4 heteroatoms. The quantitative estimate of drug-likeness (QED) is 0.901. The number of benzene rings is 2. The third kappa shape index (κ3) is 3.06. The van der Waals surface area contributed by atoms with E-state index in [9.17, 15) is 9.90 Å². The van der Waals surface area contributed by atoms with Crippen molar-refractivity contribution in [1.29, 1.82) is 0 Å². The monoisotopic (exact) mass is 275 g/mol. The average molecular weight is 276 g/mol. The molecule has 0 bridgehead atoms. The molecule has 0 fully saturated rings. The Balaban J connectivity index is 2.37. The number of halogens is 1. The van der Waals surface area contributed by atoms with Gasteiger partial charge in [-0.25, -0.2) is 0 Å². The van der Waals surface area contributed by atoms with Crippen LogP contribution in [0.1, 0.15) is 17.3 Å². The Morgan fingerprint density at radius 1 is 1.21 bits per heavy atom. The molecule has 0 saturated carbocycles. The molecule has 0 spiro atoms. The van der Waals surface area contributed by atoms with E-state index in [1.54, 1.807) is 30.3 Å². The second-order valence-corrected chi connectivity index (χ2v) is 4.51. The van der Waals surface area contributed by atoms with Crippen LogP contribution in [0.15, 0.2) is 42.5 Å². The van der Waals surface area contributed by atoms with Gasteiger partial charge in [-0.15, -0.1) is 0 Å². The van der Waals surface area contributed by atoms with Gasteiger partial charge in [0.15, 0.2) is 0 Å². The molecule has 0 aliphatic rings. The fourth-order valence-electron chi connectivity index (χ4n) is 1.79. The van der Waals surface area contributed by atoms with Gasteiger partial charge in [-0.05, 0) is 42.3 Å². The number of phenols is 1. The molecule has 2 aromatic carbocycles. The van der Waals surface area contributed by atoms with Gasteiger partial charge in [-0.3, -0.25) is 4.79 Å². The standard InChI is InChI=1S/C15H14ClNO2/c1-2-17-15(19)12-5-3-4-10(8-12)11-6-7-13(16)14(18)9-11/h3-9,18H,2H2,1H3,(H,17,19). The summed E-state index contributed by atoms with van der Waals surface area (Å²) in [5.74, 6) is -0.0786. The molecule has 0 heterocycles. The number of amides is 1. The lowest BCUT2D eigenvalue weighted by Crippen LogP contribution is -2.22. The topological polar surface area (TPSA) is 49.3 Å². The zero-order valence-electron chi connectivity index (χ0n) is 10.5. The number of hydrogen-bond donors (Lipinski definition) is 2. The van der Waals surface area contributed by atoms with Gasteiger partial charge in [-0.2, -0.15) is 0 Å². The highest BCUT2D eigenvalue weighted by molar-refractivity contribution is 6.32. The van der Waals surface area contributed by atoms with Gasteiger partial charge < -0.3 is 10.4 Å². The van der Waals surface area contributed by atoms with Crippen LogP contribution in [0.4, 0.5) is 0 Å². The lowest BCUT2D eigenvalue weighted by Gasteiger charge is -2.07. The summed E-state index contributed by atoms with van der Waals surface area (Å²) in [4.78, 5) is 11.8. The number of carbonyl (C=O) groups is 1. The van der Waals surface area contributed by atoms with Gasteiger partial charge in [0.25, 0.3) is 5.91 Å². The molecule has 0 aliphatic heterocycles. The maximum Gasteiger partial charge on any atom is 0.251 e. The Bertz CT molecular complexity index is 611. The molecule has 1 amide bonds. The molecule has 0 radical (unpaired) electrons. The van der Waals surface area contributed by atoms with Crippen LogP contribution in [-0.4, -0.2) is 17.6 Å². The Kier molecular flexibility index (Phi) is 4.07. The minimum Gasteiger partial charge on any atom is -0.506 e. The third-order valence-electron chi connectivity index (χ3n) is 2.74. The average Bonchev–Trinajstić information content (AvgIpc) is 2.42. The van der Waals surface area contributed by atoms with Crippen LogP contribution in [0.2, 0.25) is 5.02 Å². The van der Waals surface area contributed by atoms with E-state index < -0.39 is 0 Å². The minimum atomic E-state index is -0.109. The van der Waals surface area contributed by atoms with E-state index in [1.807, 2.05) is 19.1 Å². The minimum absolute atomic E-state index is 0.0302. The van der Waals surface area contributed by atoms with Crippen molar-refractivity contribution >= 4 is 17.5 Å². The summed E-state index contributed by atoms with van der Waals surface area (Å²) < 4.78 is 0. The third-order valence-corrected chi connectivity index (χ3v) is 3.06. The second kappa shape index (κ2) is 5.76. The van der Waals surface area contributed by atoms with E-state index in [0.29, 0.717) is 17.1 Å². The van der Waals surface area contributed by atoms with E-state index in [0.717, 1.165) is 11.1 Å². The highest BCUT2D eigenvalue weighted by Gasteiger charge is 2.07. The van der Waals surface area contributed by atoms with Gasteiger partial charge in [0.05, 0.1) is 5.02 Å². The van der Waals surface area contributed by atoms with Crippen molar-refractivity contribution in [3.05, 3.63) is 53.1 Å². The molecule has 2 aromatic rings. The smallest absolute Gasteiger partial charge is 0.251 e. The van der Waals surface area contributed by atoms with Crippen LogP contribution in [0.25, 0.3) is 11.1 Å². The van der Waals surface area contributed by atoms with Crippen LogP contribution in [-0.2, 0) is 0 Å². The van der Waals surface area contributed by atoms with E-state index in [-0.39, 0.29) is 11.7 Å². The molecule has 2 rings (SSSR count). The lowest BCUT2D eigenvalue weighted by molar-refractivity contribution is 0.0956. The number of hydrogen-bond acceptors (Lipinski definition) is 2. The SMILES string of the molecule is CCNC(=O)c1cccc(-c2ccc(Cl)c(O)c2)c1. The van der Waals surface area contributed by atoms with Crippen LogP contribution in [0.5, 0.6) is 5.75 Å². The molecule has 19 heavy (non-hydrogen) atoms. The molecule has 98 valence electrons. The van der Waals surface area contributed by atoms with Crippen molar-refractivity contribution in [2.24, 2.45) is 0 Å². The Morgan fingerprint density at radius 2 is 1.95 bits per heavy atom. The second-order valence-electron chi connectivity index (χ2n) is 4.11. The first-order valence-electron chi connectivity index (χ1n) is 5.99. The Hall–Kier alpha value is -2.00. The molecule has 0 unspecified atom stereocenters. The van der Waals surface area contributed by atoms with Gasteiger partial charge in [0.1, 0.15) is 5.75 Å². The first-order valence-corrected chi connectivity index (χ1v) is 6.36. The van der Waals surface area contributed by atoms with Crippen molar-refractivity contribution in [3.8, 4) is 16.9 Å². The number of rotatable bonds is 3. The number of phenolic OH excluding ortho intramolecular Hbond substituents is 1. The molecule has 0 aliphatic carbocycles. The zero-order valence-corrected chi connectivity index (χ0v) is 11.2. The summed E-state index contributed by atoms with van der Waals surface area (Å²) in [6, 6.07) is 12.2. The summed E-state index contributed by atoms with van der Waals surface area (Å²) in [5.41, 5.74) is 2.26. The van der Waals surface area contributed by atoms with Crippen molar-refractivity contribution < 1.29 is 9.90 Å². The summed E-state index contributed by atoms with van der Waals surface area (Å²) in [6.07, 6.45) is 0. The largest absolute Gasteiger partial charge is 0.506 e. The molecule has 0 saturated heterocycles. The van der Waals surface area contributed by atoms with E-state index >= 15 is 0 Å². The molecule has 2 N–H and O–H groups in total. The Morgan fingerprint density at radius 3 is 2.63 bits per heavy atom. The molecule has 0 atom stereocenters. The van der Waals surface area contributed by atoms with Crippen molar-refractivity contribution in [1.82, 2.24) is 5.32 Å². The highest BCUT2D eigenvalue weighted by Crippen LogP contribution is 2.29. The predicted molar refractivity (Wildman–Crippen MR) is 76.6 cm³/mol. The van der Waals surface area contributed by atoms with Gasteiger partial charge in [-0.1, -0.05) is 29.8 Å². The molecular weight excluding hydrogens is 262 g/mol. The molecule has 3 nitrogen and oxygen atoms in total. The van der Waals surface area contributed by atoms with Crippen LogP contribution < -0.4 is 5.32 Å². The fraction of sp³-hybridized carbons (Fsp3) is 0.133. The van der Waals surface area contributed by atoms with Crippen LogP contribution in [0, 0.1) is 0 Å². The summed E-state index contributed by atoms with van der Waals surface area (Å²) in [6.45, 7) is 2.46. The normalized spacial score (nSPS) is 10.2. The van der Waals surface area contributed by atoms with Crippen LogP contribution in [0.3, 0.4) is 0 Å². The maximum atomic E-state index is 11.8. The summed E-state index contributed by atoms with van der Waals surface area (Å²) in [7, 11) is 0. The van der Waals surface area contributed by atoms with Gasteiger partial charge in [0.2, 0.25) is 0 Å². The number of aromatic hydroxyl groups is 1. The number of carbonyl (C=O) groups excluding carboxylic acids is 1. The van der Waals surface area contributed by atoms with Crippen molar-refractivity contribution in [2.45, 2.75) is 6.92 Å². The van der Waals surface area contributed by atoms with E-state index in [1.165, 1.54) is 0 Å². The molecule has 0 aromatic heterocycles. The van der Waals surface area contributed by atoms with Gasteiger partial charge >= 0.3 is 0 Å². The van der Waals surface area contributed by atoms with Crippen molar-refractivity contribution in [2.75, 3.05) is 6.54 Å². The maximum absolute atomic E-state index is 11.8. The Labute approximate surface area is 116 Å². The number of nitrogens with one attached hydrogen (secondary N) is 1. The first kappa shape index (κ1) is 13.4. The van der Waals surface area contributed by atoms with Crippen LogP contribution >= 0.6 is 11.6 Å². The van der Waals surface area contributed by atoms with E-state index in [4.69, 9.17) is 11.6 Å². The highest BCUT2D eigenvalue weighted by atomic mass is 35.5. The lowest BCUT2D eigenvalue weighted by atomic mass is 10.0. The molecular formula is C15H14ClNO2. The summed E-state index contributed by atoms with van der Waals surface area (Å²) >= 11 is 5.78. The van der Waals surface area contributed by atoms with Crippen molar-refractivity contribution in [3.63, 3.8) is 0 Å². The van der Waals surface area contributed by atoms with E-state index in [2.05, 4.69) is 5.32 Å². The first-order chi connectivity index (χ1) is 9.11. The van der Waals surface area contributed by atoms with Gasteiger partial charge in [0, 0.05) is 12.1 Å². The summed E-state index contributed by atoms with van der Waals surface area (Å²) in [5, 5.41) is 12.7. The zero-order chi connectivity index (χ0) is 13.8. The predicted octanol–water partition coefficient (Wildman–Crippen LogP) is 3.46. The fourth-order valence-corrected chi connectivity index (χ4v) is 1.91.